The summed E-state index contributed by atoms with van der Waals surface area (Å²) in [5.41, 5.74) is 0.344. The van der Waals surface area contributed by atoms with Crippen LogP contribution in [-0.4, -0.2) is 12.1 Å². The van der Waals surface area contributed by atoms with Gasteiger partial charge in [0.1, 0.15) is 5.75 Å². The van der Waals surface area contributed by atoms with E-state index in [0.717, 1.165) is 24.1 Å². The fourth-order valence-electron chi connectivity index (χ4n) is 2.66. The maximum Gasteiger partial charge on any atom is 0.188 e. The second kappa shape index (κ2) is 10.9. The molecule has 0 bridgehead atoms. The molecule has 2 atom stereocenters. The molecule has 0 aliphatic carbocycles. The Morgan fingerprint density at radius 2 is 1.73 bits per heavy atom. The van der Waals surface area contributed by atoms with Gasteiger partial charge in [0, 0.05) is 0 Å². The summed E-state index contributed by atoms with van der Waals surface area (Å²) in [4.78, 5) is 12.5. The highest BCUT2D eigenvalue weighted by molar-refractivity contribution is 7.66. The molecule has 26 heavy (non-hydrogen) atoms. The Balaban J connectivity index is 1.94. The summed E-state index contributed by atoms with van der Waals surface area (Å²) in [5, 5.41) is 1.73. The highest BCUT2D eigenvalue weighted by atomic mass is 35.5. The lowest BCUT2D eigenvalue weighted by atomic mass is 10.0. The van der Waals surface area contributed by atoms with Gasteiger partial charge in [-0.15, -0.1) is 0 Å². The normalized spacial score (nSPS) is 12.5. The first kappa shape index (κ1) is 21.2. The Kier molecular flexibility index (Phi) is 8.91. The van der Waals surface area contributed by atoms with Gasteiger partial charge in [-0.3, -0.25) is 4.79 Å². The summed E-state index contributed by atoms with van der Waals surface area (Å²) in [6.07, 6.45) is 4.80. The Labute approximate surface area is 168 Å². The lowest BCUT2D eigenvalue weighted by Gasteiger charge is -2.15. The largest absolute Gasteiger partial charge is 0.493 e. The van der Waals surface area contributed by atoms with E-state index in [1.807, 2.05) is 24.3 Å². The average Bonchev–Trinajstić information content (AvgIpc) is 2.63. The predicted molar refractivity (Wildman–Crippen MR) is 114 cm³/mol. The van der Waals surface area contributed by atoms with Crippen LogP contribution in [0, 0.1) is 5.92 Å². The molecular formula is C21H25Cl2O2P. The van der Waals surface area contributed by atoms with Gasteiger partial charge in [0.2, 0.25) is 0 Å². The lowest BCUT2D eigenvalue weighted by molar-refractivity contribution is 0.108. The summed E-state index contributed by atoms with van der Waals surface area (Å²) in [6, 6.07) is 12.8. The van der Waals surface area contributed by atoms with Crippen LogP contribution in [0.2, 0.25) is 10.0 Å². The van der Waals surface area contributed by atoms with Crippen molar-refractivity contribution in [1.82, 2.24) is 0 Å². The molecule has 0 radical (unpaired) electrons. The summed E-state index contributed by atoms with van der Waals surface area (Å²) in [5.74, 6) is 1.44. The van der Waals surface area contributed by atoms with Gasteiger partial charge in [-0.1, -0.05) is 74.5 Å². The maximum absolute atomic E-state index is 12.5. The van der Waals surface area contributed by atoms with Gasteiger partial charge in [-0.2, -0.15) is 0 Å². The van der Waals surface area contributed by atoms with Gasteiger partial charge in [-0.25, -0.2) is 0 Å². The highest BCUT2D eigenvalue weighted by Crippen LogP contribution is 2.30. The fourth-order valence-corrected chi connectivity index (χ4v) is 4.37. The zero-order valence-corrected chi connectivity index (χ0v) is 17.7. The highest BCUT2D eigenvalue weighted by Gasteiger charge is 2.15. The van der Waals surface area contributed by atoms with Gasteiger partial charge in [0.05, 0.1) is 22.2 Å². The molecule has 140 valence electrons. The van der Waals surface area contributed by atoms with E-state index < -0.39 is 0 Å². The van der Waals surface area contributed by atoms with Gasteiger partial charge in [0.25, 0.3) is 0 Å². The summed E-state index contributed by atoms with van der Waals surface area (Å²) >= 11 is 12.2. The molecule has 2 aromatic rings. The monoisotopic (exact) mass is 410 g/mol. The smallest absolute Gasteiger partial charge is 0.188 e. The molecule has 0 aromatic heterocycles. The van der Waals surface area contributed by atoms with E-state index in [1.165, 1.54) is 19.3 Å². The van der Waals surface area contributed by atoms with Crippen LogP contribution in [0.25, 0.3) is 0 Å². The van der Waals surface area contributed by atoms with Gasteiger partial charge in [-0.05, 0) is 50.5 Å². The third kappa shape index (κ3) is 6.27. The van der Waals surface area contributed by atoms with Gasteiger partial charge in [0.15, 0.2) is 5.52 Å². The Morgan fingerprint density at radius 1 is 1.08 bits per heavy atom. The SMILES string of the molecule is CCCCC(CC)COc1ccc(PC(=O)c2c(Cl)cccc2Cl)cc1. The van der Waals surface area contributed by atoms with Gasteiger partial charge >= 0.3 is 0 Å². The second-order valence-corrected chi connectivity index (χ2v) is 8.40. The van der Waals surface area contributed by atoms with E-state index in [2.05, 4.69) is 13.8 Å². The minimum absolute atomic E-state index is 0.0212. The molecule has 2 unspecified atom stereocenters. The van der Waals surface area contributed by atoms with Crippen molar-refractivity contribution < 1.29 is 9.53 Å². The molecule has 0 aliphatic rings. The average molecular weight is 411 g/mol. The quantitative estimate of drug-likeness (QED) is 0.405. The zero-order valence-electron chi connectivity index (χ0n) is 15.2. The number of unbranched alkanes of at least 4 members (excludes halogenated alkanes) is 1. The van der Waals surface area contributed by atoms with Crippen molar-refractivity contribution in [1.29, 1.82) is 0 Å². The number of halogens is 2. The molecule has 0 spiro atoms. The fraction of sp³-hybridized carbons (Fsp3) is 0.381. The minimum Gasteiger partial charge on any atom is -0.493 e. The van der Waals surface area contributed by atoms with Crippen molar-refractivity contribution in [2.75, 3.05) is 6.61 Å². The molecule has 0 fully saturated rings. The van der Waals surface area contributed by atoms with E-state index in [1.54, 1.807) is 18.2 Å². The molecule has 2 nitrogen and oxygen atoms in total. The molecule has 0 saturated carbocycles. The molecule has 0 aliphatic heterocycles. The van der Waals surface area contributed by atoms with E-state index in [4.69, 9.17) is 27.9 Å². The number of ether oxygens (including phenoxy) is 1. The first-order valence-corrected chi connectivity index (χ1v) is 10.8. The van der Waals surface area contributed by atoms with E-state index in [0.29, 0.717) is 21.5 Å². The van der Waals surface area contributed by atoms with Crippen LogP contribution in [0.4, 0.5) is 0 Å². The van der Waals surface area contributed by atoms with E-state index in [-0.39, 0.29) is 14.1 Å². The van der Waals surface area contributed by atoms with Crippen molar-refractivity contribution in [3.63, 3.8) is 0 Å². The van der Waals surface area contributed by atoms with Crippen LogP contribution in [0.15, 0.2) is 42.5 Å². The topological polar surface area (TPSA) is 26.3 Å². The number of hydrogen-bond donors (Lipinski definition) is 0. The minimum atomic E-state index is -0.0557. The van der Waals surface area contributed by atoms with Crippen LogP contribution >= 0.6 is 31.8 Å². The number of rotatable bonds is 10. The second-order valence-electron chi connectivity index (χ2n) is 6.30. The molecule has 0 amide bonds. The predicted octanol–water partition coefficient (Wildman–Crippen LogP) is 6.73. The molecule has 0 saturated heterocycles. The number of hydrogen-bond acceptors (Lipinski definition) is 2. The van der Waals surface area contributed by atoms with Crippen LogP contribution in [0.1, 0.15) is 49.9 Å². The first-order chi connectivity index (χ1) is 12.5. The van der Waals surface area contributed by atoms with Crippen molar-refractivity contribution in [2.45, 2.75) is 39.5 Å². The number of benzene rings is 2. The third-order valence-corrected chi connectivity index (χ3v) is 6.06. The molecule has 2 aromatic carbocycles. The summed E-state index contributed by atoms with van der Waals surface area (Å²) in [6.45, 7) is 5.16. The molecular weight excluding hydrogens is 386 g/mol. The number of carbonyl (C=O) groups excluding carboxylic acids is 1. The summed E-state index contributed by atoms with van der Waals surface area (Å²) < 4.78 is 5.91. The molecule has 0 N–H and O–H groups in total. The van der Waals surface area contributed by atoms with Crippen molar-refractivity contribution >= 4 is 42.6 Å². The summed E-state index contributed by atoms with van der Waals surface area (Å²) in [7, 11) is -0.0212. The van der Waals surface area contributed by atoms with E-state index >= 15 is 0 Å². The molecule has 5 heteroatoms. The van der Waals surface area contributed by atoms with Crippen molar-refractivity contribution in [2.24, 2.45) is 5.92 Å². The Bertz CT molecular complexity index is 696. The van der Waals surface area contributed by atoms with E-state index in [9.17, 15) is 4.79 Å². The Morgan fingerprint density at radius 3 is 2.31 bits per heavy atom. The van der Waals surface area contributed by atoms with Crippen molar-refractivity contribution in [3.05, 3.63) is 58.1 Å². The standard InChI is InChI=1S/C21H25Cl2O2P/c1-3-5-7-15(4-2)14-25-16-10-12-17(13-11-16)26-21(24)20-18(22)8-6-9-19(20)23/h6,8-13,15,26H,3-5,7,14H2,1-2H3. The Hall–Kier alpha value is -1.08. The van der Waals surface area contributed by atoms with Crippen LogP contribution < -0.4 is 10.0 Å². The van der Waals surface area contributed by atoms with Crippen LogP contribution in [0.3, 0.4) is 0 Å². The van der Waals surface area contributed by atoms with Crippen molar-refractivity contribution in [3.8, 4) is 5.75 Å². The zero-order chi connectivity index (χ0) is 18.9. The maximum atomic E-state index is 12.5. The van der Waals surface area contributed by atoms with Crippen LogP contribution in [-0.2, 0) is 0 Å². The molecule has 2 rings (SSSR count). The number of carbonyl (C=O) groups is 1. The first-order valence-electron chi connectivity index (χ1n) is 9.03. The third-order valence-electron chi connectivity index (χ3n) is 4.33. The van der Waals surface area contributed by atoms with Crippen LogP contribution in [0.5, 0.6) is 5.75 Å². The lowest BCUT2D eigenvalue weighted by Crippen LogP contribution is -2.11. The van der Waals surface area contributed by atoms with Gasteiger partial charge < -0.3 is 4.74 Å². The molecule has 0 heterocycles.